The smallest absolute Gasteiger partial charge is 0.273 e. The Morgan fingerprint density at radius 3 is 2.25 bits per heavy atom. The predicted molar refractivity (Wildman–Crippen MR) is 64.9 cm³/mol. The molecule has 1 aromatic carbocycles. The van der Waals surface area contributed by atoms with Gasteiger partial charge in [-0.1, -0.05) is 0 Å². The normalized spacial score (nSPS) is 10.4. The third-order valence-electron chi connectivity index (χ3n) is 2.60. The number of nitrogens with zero attached hydrogens (tertiary/aromatic N) is 1. The number of aryl methyl sites for hydroxylation is 1. The summed E-state index contributed by atoms with van der Waals surface area (Å²) >= 11 is 5.17. The van der Waals surface area contributed by atoms with Gasteiger partial charge in [-0.25, -0.2) is 0 Å². The molecule has 0 atom stereocenters. The molecule has 1 aromatic heterocycles. The quantitative estimate of drug-likeness (QED) is 0.746. The minimum Gasteiger partial charge on any atom is -0.497 e. The van der Waals surface area contributed by atoms with Crippen LogP contribution in [0.15, 0.2) is 28.7 Å². The topological polar surface area (TPSA) is 27.3 Å². The van der Waals surface area contributed by atoms with E-state index in [-0.39, 0.29) is 0 Å². The average Bonchev–Trinajstić information content (AvgIpc) is 2.54. The fourth-order valence-electron chi connectivity index (χ4n) is 1.58. The summed E-state index contributed by atoms with van der Waals surface area (Å²) in [6.45, 7) is 3.89. The highest BCUT2D eigenvalue weighted by atomic mass is 32.1. The van der Waals surface area contributed by atoms with E-state index in [4.69, 9.17) is 21.4 Å². The largest absolute Gasteiger partial charge is 0.497 e. The van der Waals surface area contributed by atoms with Gasteiger partial charge in [-0.15, -0.1) is 0 Å². The van der Waals surface area contributed by atoms with E-state index in [9.17, 15) is 0 Å². The maximum Gasteiger partial charge on any atom is 0.273 e. The number of aromatic nitrogens is 1. The van der Waals surface area contributed by atoms with Crippen LogP contribution in [0.3, 0.4) is 0 Å². The van der Waals surface area contributed by atoms with Crippen LogP contribution in [0.25, 0.3) is 5.69 Å². The number of rotatable bonds is 2. The summed E-state index contributed by atoms with van der Waals surface area (Å²) in [6.07, 6.45) is 0. The fourth-order valence-corrected chi connectivity index (χ4v) is 1.94. The maximum absolute atomic E-state index is 5.40. The first kappa shape index (κ1) is 11.0. The van der Waals surface area contributed by atoms with E-state index in [2.05, 4.69) is 0 Å². The lowest BCUT2D eigenvalue weighted by Crippen LogP contribution is -1.96. The first-order valence-electron chi connectivity index (χ1n) is 4.97. The molecule has 0 N–H and O–H groups in total. The molecule has 0 aliphatic rings. The molecule has 2 rings (SSSR count). The third-order valence-corrected chi connectivity index (χ3v) is 2.86. The third kappa shape index (κ3) is 1.76. The Bertz CT molecular complexity index is 551. The van der Waals surface area contributed by atoms with Crippen LogP contribution in [0, 0.1) is 18.7 Å². The van der Waals surface area contributed by atoms with Gasteiger partial charge in [0.2, 0.25) is 0 Å². The number of benzene rings is 1. The van der Waals surface area contributed by atoms with Crippen LogP contribution in [-0.2, 0) is 0 Å². The number of ether oxygens (including phenoxy) is 1. The van der Waals surface area contributed by atoms with E-state index in [0.29, 0.717) is 4.84 Å². The van der Waals surface area contributed by atoms with Crippen LogP contribution in [0.5, 0.6) is 5.75 Å². The second-order valence-electron chi connectivity index (χ2n) is 3.54. The molecule has 0 saturated heterocycles. The van der Waals surface area contributed by atoms with E-state index in [1.165, 1.54) is 0 Å². The first-order valence-corrected chi connectivity index (χ1v) is 5.38. The molecule has 0 bridgehead atoms. The van der Waals surface area contributed by atoms with Crippen LogP contribution in [-0.4, -0.2) is 11.7 Å². The SMILES string of the molecule is COc1ccc(-n2c(C)c(C)oc2=S)cc1. The van der Waals surface area contributed by atoms with Crippen molar-refractivity contribution in [3.05, 3.63) is 40.6 Å². The van der Waals surface area contributed by atoms with Crippen molar-refractivity contribution >= 4 is 12.2 Å². The molecule has 3 nitrogen and oxygen atoms in total. The molecule has 0 unspecified atom stereocenters. The van der Waals surface area contributed by atoms with Gasteiger partial charge < -0.3 is 9.15 Å². The molecule has 1 heterocycles. The zero-order valence-electron chi connectivity index (χ0n) is 9.48. The second-order valence-corrected chi connectivity index (χ2v) is 3.89. The van der Waals surface area contributed by atoms with Crippen molar-refractivity contribution in [1.82, 2.24) is 4.57 Å². The van der Waals surface area contributed by atoms with Crippen molar-refractivity contribution in [3.8, 4) is 11.4 Å². The molecule has 16 heavy (non-hydrogen) atoms. The zero-order valence-corrected chi connectivity index (χ0v) is 10.3. The van der Waals surface area contributed by atoms with Gasteiger partial charge in [0.1, 0.15) is 11.5 Å². The number of hydrogen-bond donors (Lipinski definition) is 0. The van der Waals surface area contributed by atoms with Gasteiger partial charge in [-0.2, -0.15) is 0 Å². The molecular formula is C12H13NO2S. The first-order chi connectivity index (χ1) is 7.63. The van der Waals surface area contributed by atoms with Gasteiger partial charge in [0.25, 0.3) is 4.84 Å². The van der Waals surface area contributed by atoms with E-state index >= 15 is 0 Å². The minimum absolute atomic E-state index is 0.472. The number of oxazole rings is 1. The Morgan fingerprint density at radius 1 is 1.19 bits per heavy atom. The van der Waals surface area contributed by atoms with Gasteiger partial charge in [-0.05, 0) is 50.3 Å². The molecule has 2 aromatic rings. The summed E-state index contributed by atoms with van der Waals surface area (Å²) in [5.74, 6) is 1.67. The van der Waals surface area contributed by atoms with Crippen molar-refractivity contribution in [2.45, 2.75) is 13.8 Å². The summed E-state index contributed by atoms with van der Waals surface area (Å²) in [4.78, 5) is 0.472. The second kappa shape index (κ2) is 4.14. The number of methoxy groups -OCH3 is 1. The van der Waals surface area contributed by atoms with Gasteiger partial charge in [0.15, 0.2) is 0 Å². The van der Waals surface area contributed by atoms with Crippen molar-refractivity contribution in [2.75, 3.05) is 7.11 Å². The highest BCUT2D eigenvalue weighted by Gasteiger charge is 2.08. The lowest BCUT2D eigenvalue weighted by atomic mass is 10.3. The van der Waals surface area contributed by atoms with E-state index in [0.717, 1.165) is 22.9 Å². The summed E-state index contributed by atoms with van der Waals surface area (Å²) in [5.41, 5.74) is 2.01. The van der Waals surface area contributed by atoms with Crippen molar-refractivity contribution in [3.63, 3.8) is 0 Å². The van der Waals surface area contributed by atoms with E-state index < -0.39 is 0 Å². The van der Waals surface area contributed by atoms with E-state index in [1.54, 1.807) is 7.11 Å². The van der Waals surface area contributed by atoms with Crippen LogP contribution in [0.1, 0.15) is 11.5 Å². The maximum atomic E-state index is 5.40. The van der Waals surface area contributed by atoms with Crippen molar-refractivity contribution in [2.24, 2.45) is 0 Å². The molecule has 84 valence electrons. The molecule has 0 fully saturated rings. The molecule has 0 spiro atoms. The molecule has 0 aliphatic carbocycles. The van der Waals surface area contributed by atoms with Gasteiger partial charge in [0, 0.05) is 5.69 Å². The van der Waals surface area contributed by atoms with E-state index in [1.807, 2.05) is 42.7 Å². The highest BCUT2D eigenvalue weighted by Crippen LogP contribution is 2.20. The van der Waals surface area contributed by atoms with Gasteiger partial charge in [-0.3, -0.25) is 4.57 Å². The molecule has 0 saturated carbocycles. The average molecular weight is 235 g/mol. The Kier molecular flexibility index (Phi) is 2.83. The Balaban J connectivity index is 2.54. The van der Waals surface area contributed by atoms with Crippen LogP contribution in [0.2, 0.25) is 0 Å². The van der Waals surface area contributed by atoms with Crippen molar-refractivity contribution < 1.29 is 9.15 Å². The summed E-state index contributed by atoms with van der Waals surface area (Å²) < 4.78 is 12.4. The number of hydrogen-bond acceptors (Lipinski definition) is 3. The lowest BCUT2D eigenvalue weighted by Gasteiger charge is -2.05. The fraction of sp³-hybridized carbons (Fsp3) is 0.250. The van der Waals surface area contributed by atoms with Gasteiger partial charge >= 0.3 is 0 Å². The molecule has 0 aliphatic heterocycles. The minimum atomic E-state index is 0.472. The molecule has 4 heteroatoms. The molecule has 0 amide bonds. The lowest BCUT2D eigenvalue weighted by molar-refractivity contribution is 0.414. The van der Waals surface area contributed by atoms with Crippen LogP contribution in [0.4, 0.5) is 0 Å². The zero-order chi connectivity index (χ0) is 11.7. The van der Waals surface area contributed by atoms with Gasteiger partial charge in [0.05, 0.1) is 12.8 Å². The summed E-state index contributed by atoms with van der Waals surface area (Å²) in [5, 5.41) is 0. The Labute approximate surface area is 99.3 Å². The summed E-state index contributed by atoms with van der Waals surface area (Å²) in [6, 6.07) is 7.71. The Hall–Kier alpha value is -1.55. The Morgan fingerprint density at radius 2 is 1.81 bits per heavy atom. The van der Waals surface area contributed by atoms with Crippen LogP contribution >= 0.6 is 12.2 Å². The molecular weight excluding hydrogens is 222 g/mol. The van der Waals surface area contributed by atoms with Crippen molar-refractivity contribution in [1.29, 1.82) is 0 Å². The van der Waals surface area contributed by atoms with Crippen LogP contribution < -0.4 is 4.74 Å². The predicted octanol–water partition coefficient (Wildman–Crippen LogP) is 3.43. The standard InChI is InChI=1S/C12H13NO2S/c1-8-9(2)15-12(16)13(8)10-4-6-11(14-3)7-5-10/h4-7H,1-3H3. The highest BCUT2D eigenvalue weighted by molar-refractivity contribution is 7.71. The molecule has 0 radical (unpaired) electrons. The monoisotopic (exact) mass is 235 g/mol. The summed E-state index contributed by atoms with van der Waals surface area (Å²) in [7, 11) is 1.65.